The third kappa shape index (κ3) is 3.81. The molecule has 0 heterocycles. The zero-order valence-corrected chi connectivity index (χ0v) is 14.3. The van der Waals surface area contributed by atoms with E-state index in [1.165, 1.54) is 12.1 Å². The monoisotopic (exact) mass is 352 g/mol. The summed E-state index contributed by atoms with van der Waals surface area (Å²) in [6.07, 6.45) is 7.02. The number of nitriles is 1. The number of allylic oxidation sites excluding steroid dienone is 1. The van der Waals surface area contributed by atoms with Crippen molar-refractivity contribution in [2.45, 2.75) is 0 Å². The van der Waals surface area contributed by atoms with E-state index in [1.807, 2.05) is 36.4 Å². The number of nitrogens with zero attached hydrogens (tertiary/aromatic N) is 1. The van der Waals surface area contributed by atoms with Gasteiger partial charge in [-0.05, 0) is 34.0 Å². The van der Waals surface area contributed by atoms with Gasteiger partial charge in [0, 0.05) is 5.56 Å². The van der Waals surface area contributed by atoms with E-state index < -0.39 is 5.97 Å². The number of benzene rings is 3. The first-order valence-corrected chi connectivity index (χ1v) is 8.15. The van der Waals surface area contributed by atoms with Gasteiger partial charge in [-0.25, -0.2) is 0 Å². The van der Waals surface area contributed by atoms with Gasteiger partial charge < -0.3 is 14.6 Å². The van der Waals surface area contributed by atoms with Crippen LogP contribution >= 0.6 is 0 Å². The largest absolute Gasteiger partial charge is 0.545 e. The highest BCUT2D eigenvalue weighted by molar-refractivity contribution is 6.00. The highest BCUT2D eigenvalue weighted by Gasteiger charge is 2.10. The minimum Gasteiger partial charge on any atom is -0.545 e. The summed E-state index contributed by atoms with van der Waals surface area (Å²) in [5.41, 5.74) is 1.77. The molecule has 0 saturated heterocycles. The average Bonchev–Trinajstić information content (AvgIpc) is 2.71. The van der Waals surface area contributed by atoms with Gasteiger partial charge in [-0.1, -0.05) is 60.5 Å². The number of carbonyl (C=O) groups is 1. The molecule has 3 rings (SSSR count). The van der Waals surface area contributed by atoms with Crippen LogP contribution in [0, 0.1) is 23.7 Å². The van der Waals surface area contributed by atoms with Crippen LogP contribution in [0.15, 0.2) is 60.7 Å². The Balaban J connectivity index is 2.15. The van der Waals surface area contributed by atoms with Gasteiger partial charge in [0.05, 0.1) is 17.6 Å². The van der Waals surface area contributed by atoms with E-state index in [9.17, 15) is 15.2 Å². The van der Waals surface area contributed by atoms with Crippen LogP contribution in [0.3, 0.4) is 0 Å². The zero-order chi connectivity index (χ0) is 19.2. The first kappa shape index (κ1) is 17.8. The van der Waals surface area contributed by atoms with Crippen molar-refractivity contribution in [3.8, 4) is 24.2 Å². The molecule has 4 heteroatoms. The molecule has 0 aliphatic rings. The quantitative estimate of drug-likeness (QED) is 0.401. The number of fused-ring (bicyclic) bond motifs is 1. The van der Waals surface area contributed by atoms with Gasteiger partial charge in [-0.15, -0.1) is 6.42 Å². The summed E-state index contributed by atoms with van der Waals surface area (Å²) in [5, 5.41) is 22.5. The number of rotatable bonds is 5. The molecule has 4 nitrogen and oxygen atoms in total. The van der Waals surface area contributed by atoms with Gasteiger partial charge in [-0.2, -0.15) is 5.26 Å². The summed E-state index contributed by atoms with van der Waals surface area (Å²) >= 11 is 0. The third-order valence-electron chi connectivity index (χ3n) is 4.08. The maximum atomic E-state index is 10.9. The van der Waals surface area contributed by atoms with Crippen LogP contribution in [0.2, 0.25) is 0 Å². The van der Waals surface area contributed by atoms with E-state index >= 15 is 0 Å². The number of carboxylic acid groups (broad SMARTS) is 1. The summed E-state index contributed by atoms with van der Waals surface area (Å²) in [6, 6.07) is 19.6. The molecule has 0 fully saturated rings. The molecule has 0 N–H and O–H groups in total. The molecule has 0 aromatic heterocycles. The fraction of sp³-hybridized carbons (Fsp3) is 0.0435. The van der Waals surface area contributed by atoms with Crippen molar-refractivity contribution >= 4 is 28.4 Å². The van der Waals surface area contributed by atoms with E-state index in [1.54, 1.807) is 18.2 Å². The van der Waals surface area contributed by atoms with Crippen LogP contribution in [0.25, 0.3) is 22.4 Å². The Morgan fingerprint density at radius 2 is 1.78 bits per heavy atom. The number of hydrogen-bond donors (Lipinski definition) is 0. The lowest BCUT2D eigenvalue weighted by Gasteiger charge is -2.11. The lowest BCUT2D eigenvalue weighted by atomic mass is 9.98. The van der Waals surface area contributed by atoms with E-state index in [2.05, 4.69) is 12.0 Å². The molecule has 27 heavy (non-hydrogen) atoms. The first-order chi connectivity index (χ1) is 13.1. The highest BCUT2D eigenvalue weighted by Crippen LogP contribution is 2.32. The minimum atomic E-state index is -1.26. The maximum Gasteiger partial charge on any atom is 0.148 e. The van der Waals surface area contributed by atoms with Crippen LogP contribution in [-0.2, 0) is 0 Å². The molecule has 0 saturated carbocycles. The number of carboxylic acids is 1. The Hall–Kier alpha value is -4.02. The molecule has 0 aliphatic heterocycles. The molecule has 130 valence electrons. The van der Waals surface area contributed by atoms with Crippen LogP contribution in [0.1, 0.15) is 21.5 Å². The van der Waals surface area contributed by atoms with Gasteiger partial charge in [-0.3, -0.25) is 0 Å². The molecular formula is C23H14NO3-. The second-order valence-electron chi connectivity index (χ2n) is 5.73. The van der Waals surface area contributed by atoms with Crippen molar-refractivity contribution in [1.29, 1.82) is 5.26 Å². The fourth-order valence-electron chi connectivity index (χ4n) is 2.78. The van der Waals surface area contributed by atoms with Gasteiger partial charge in [0.15, 0.2) is 0 Å². The van der Waals surface area contributed by atoms with Gasteiger partial charge in [0.1, 0.15) is 12.4 Å². The van der Waals surface area contributed by atoms with Crippen LogP contribution in [0.4, 0.5) is 0 Å². The first-order valence-electron chi connectivity index (χ1n) is 8.15. The second-order valence-corrected chi connectivity index (χ2v) is 5.73. The zero-order valence-electron chi connectivity index (χ0n) is 14.3. The van der Waals surface area contributed by atoms with E-state index in [0.717, 1.165) is 16.3 Å². The highest BCUT2D eigenvalue weighted by atomic mass is 16.5. The Labute approximate surface area is 156 Å². The van der Waals surface area contributed by atoms with E-state index in [0.29, 0.717) is 16.9 Å². The Kier molecular flexibility index (Phi) is 5.21. The van der Waals surface area contributed by atoms with E-state index in [-0.39, 0.29) is 12.2 Å². The molecular weight excluding hydrogens is 338 g/mol. The standard InChI is InChI=1S/C23H15NO3/c1-2-13-27-22-12-11-17-5-3-4-6-20(17)21(22)14-19(15-24)16-7-9-18(10-8-16)23(25)26/h1,3-12,14H,13H2,(H,25,26)/p-1/b19-14-. The molecule has 0 spiro atoms. The molecule has 3 aromatic carbocycles. The smallest absolute Gasteiger partial charge is 0.148 e. The van der Waals surface area contributed by atoms with Crippen molar-refractivity contribution in [3.05, 3.63) is 77.4 Å². The number of terminal acetylenes is 1. The van der Waals surface area contributed by atoms with Gasteiger partial charge in [0.25, 0.3) is 0 Å². The van der Waals surface area contributed by atoms with Crippen LogP contribution in [0.5, 0.6) is 5.75 Å². The molecule has 0 radical (unpaired) electrons. The summed E-state index contributed by atoms with van der Waals surface area (Å²) in [4.78, 5) is 10.9. The molecule has 0 atom stereocenters. The topological polar surface area (TPSA) is 73.1 Å². The van der Waals surface area contributed by atoms with E-state index in [4.69, 9.17) is 11.2 Å². The second kappa shape index (κ2) is 7.91. The molecule has 0 aliphatic carbocycles. The Morgan fingerprint density at radius 3 is 2.44 bits per heavy atom. The predicted octanol–water partition coefficient (Wildman–Crippen LogP) is 3.28. The molecule has 0 bridgehead atoms. The van der Waals surface area contributed by atoms with Crippen LogP contribution in [-0.4, -0.2) is 12.6 Å². The van der Waals surface area contributed by atoms with Crippen molar-refractivity contribution in [2.24, 2.45) is 0 Å². The summed E-state index contributed by atoms with van der Waals surface area (Å²) in [7, 11) is 0. The summed E-state index contributed by atoms with van der Waals surface area (Å²) in [6.45, 7) is 0.112. The Bertz CT molecular complexity index is 1110. The van der Waals surface area contributed by atoms with Gasteiger partial charge in [0.2, 0.25) is 0 Å². The molecule has 0 unspecified atom stereocenters. The average molecular weight is 352 g/mol. The lowest BCUT2D eigenvalue weighted by Crippen LogP contribution is -2.21. The normalized spacial score (nSPS) is 10.8. The van der Waals surface area contributed by atoms with Crippen molar-refractivity contribution in [1.82, 2.24) is 0 Å². The number of carbonyl (C=O) groups excluding carboxylic acids is 1. The number of hydrogen-bond acceptors (Lipinski definition) is 4. The van der Waals surface area contributed by atoms with Gasteiger partial charge >= 0.3 is 0 Å². The fourth-order valence-corrected chi connectivity index (χ4v) is 2.78. The summed E-state index contributed by atoms with van der Waals surface area (Å²) in [5.74, 6) is 1.75. The summed E-state index contributed by atoms with van der Waals surface area (Å²) < 4.78 is 5.65. The van der Waals surface area contributed by atoms with Crippen LogP contribution < -0.4 is 9.84 Å². The third-order valence-corrected chi connectivity index (χ3v) is 4.08. The van der Waals surface area contributed by atoms with Crippen molar-refractivity contribution < 1.29 is 14.6 Å². The number of ether oxygens (including phenoxy) is 1. The van der Waals surface area contributed by atoms with Crippen molar-refractivity contribution in [3.63, 3.8) is 0 Å². The maximum absolute atomic E-state index is 10.9. The molecule has 0 amide bonds. The predicted molar refractivity (Wildman–Crippen MR) is 103 cm³/mol. The Morgan fingerprint density at radius 1 is 1.07 bits per heavy atom. The van der Waals surface area contributed by atoms with Crippen molar-refractivity contribution in [2.75, 3.05) is 6.61 Å². The minimum absolute atomic E-state index is 0.0549. The lowest BCUT2D eigenvalue weighted by molar-refractivity contribution is -0.255. The SMILES string of the molecule is C#CCOc1ccc2ccccc2c1/C=C(/C#N)c1ccc(C(=O)[O-])cc1. The molecule has 3 aromatic rings. The number of aromatic carboxylic acids is 1.